The largest absolute Gasteiger partial charge is 0.352 e. The number of anilines is 1. The summed E-state index contributed by atoms with van der Waals surface area (Å²) in [6.45, 7) is 2.06. The standard InChI is InChI=1S/C34H41F2N3O4S/c1-25-15-17-27(18-16-25)24-38(32(22-26-10-5-3-6-11-26)34(41)37-28-12-7-4-8-13-28)33(40)14-9-21-39(44(2,42)43)29-19-20-30(35)31(36)23-29/h3,5-6,10-11,15-20,23,28,32H,4,7-9,12-14,21-22,24H2,1-2H3,(H,37,41)/t32-/m0/s1. The quantitative estimate of drug-likeness (QED) is 0.256. The highest BCUT2D eigenvalue weighted by Gasteiger charge is 2.32. The number of aryl methyl sites for hydroxylation is 1. The van der Waals surface area contributed by atoms with E-state index in [1.807, 2.05) is 61.5 Å². The van der Waals surface area contributed by atoms with Gasteiger partial charge in [-0.1, -0.05) is 79.4 Å². The van der Waals surface area contributed by atoms with E-state index in [2.05, 4.69) is 5.32 Å². The summed E-state index contributed by atoms with van der Waals surface area (Å²) in [6.07, 6.45) is 6.41. The third-order valence-electron chi connectivity index (χ3n) is 8.04. The smallest absolute Gasteiger partial charge is 0.243 e. The molecule has 44 heavy (non-hydrogen) atoms. The van der Waals surface area contributed by atoms with E-state index in [1.54, 1.807) is 4.90 Å². The summed E-state index contributed by atoms with van der Waals surface area (Å²) in [5, 5.41) is 3.21. The SMILES string of the molecule is Cc1ccc(CN(C(=O)CCCN(c2ccc(F)c(F)c2)S(C)(=O)=O)[C@@H](Cc2ccccc2)C(=O)NC2CCCCC2)cc1. The summed E-state index contributed by atoms with van der Waals surface area (Å²) < 4.78 is 53.5. The predicted octanol–water partition coefficient (Wildman–Crippen LogP) is 5.91. The van der Waals surface area contributed by atoms with E-state index in [1.165, 1.54) is 6.07 Å². The Balaban J connectivity index is 1.59. The number of amides is 2. The molecule has 0 spiro atoms. The molecule has 0 aromatic heterocycles. The molecule has 0 heterocycles. The molecular weight excluding hydrogens is 584 g/mol. The van der Waals surface area contributed by atoms with E-state index in [4.69, 9.17) is 0 Å². The van der Waals surface area contributed by atoms with Crippen molar-refractivity contribution in [1.29, 1.82) is 0 Å². The Bertz CT molecular complexity index is 1510. The first-order valence-corrected chi connectivity index (χ1v) is 17.0. The lowest BCUT2D eigenvalue weighted by atomic mass is 9.94. The van der Waals surface area contributed by atoms with Gasteiger partial charge in [-0.25, -0.2) is 17.2 Å². The first-order valence-electron chi connectivity index (χ1n) is 15.1. The van der Waals surface area contributed by atoms with Crippen molar-refractivity contribution in [3.63, 3.8) is 0 Å². The van der Waals surface area contributed by atoms with Crippen molar-refractivity contribution in [2.24, 2.45) is 0 Å². The van der Waals surface area contributed by atoms with Crippen LogP contribution in [0.2, 0.25) is 0 Å². The van der Waals surface area contributed by atoms with Gasteiger partial charge in [0.15, 0.2) is 11.6 Å². The molecular formula is C34H41F2N3O4S. The molecule has 0 unspecified atom stereocenters. The van der Waals surface area contributed by atoms with Gasteiger partial charge in [0.25, 0.3) is 0 Å². The second kappa shape index (κ2) is 15.3. The summed E-state index contributed by atoms with van der Waals surface area (Å²) in [7, 11) is -3.85. The molecule has 0 saturated heterocycles. The Kier molecular flexibility index (Phi) is 11.5. The molecule has 1 fully saturated rings. The van der Waals surface area contributed by atoms with Crippen molar-refractivity contribution in [1.82, 2.24) is 10.2 Å². The van der Waals surface area contributed by atoms with Crippen molar-refractivity contribution in [3.05, 3.63) is 101 Å². The molecule has 10 heteroatoms. The number of sulfonamides is 1. The maximum Gasteiger partial charge on any atom is 0.243 e. The molecule has 3 aromatic carbocycles. The average molecular weight is 626 g/mol. The van der Waals surface area contributed by atoms with Gasteiger partial charge in [0.05, 0.1) is 11.9 Å². The Morgan fingerprint density at radius 3 is 2.23 bits per heavy atom. The molecule has 0 radical (unpaired) electrons. The van der Waals surface area contributed by atoms with Crippen LogP contribution in [0, 0.1) is 18.6 Å². The van der Waals surface area contributed by atoms with Gasteiger partial charge in [0.2, 0.25) is 21.8 Å². The maximum absolute atomic E-state index is 14.0. The van der Waals surface area contributed by atoms with Gasteiger partial charge >= 0.3 is 0 Å². The van der Waals surface area contributed by atoms with Crippen LogP contribution >= 0.6 is 0 Å². The molecule has 3 aromatic rings. The highest BCUT2D eigenvalue weighted by molar-refractivity contribution is 7.92. The first kappa shape index (κ1) is 33.1. The van der Waals surface area contributed by atoms with Crippen LogP contribution in [-0.2, 0) is 32.6 Å². The van der Waals surface area contributed by atoms with E-state index < -0.39 is 27.7 Å². The third kappa shape index (κ3) is 9.35. The number of rotatable bonds is 13. The predicted molar refractivity (Wildman–Crippen MR) is 168 cm³/mol. The van der Waals surface area contributed by atoms with Crippen LogP contribution in [0.3, 0.4) is 0 Å². The molecule has 1 saturated carbocycles. The highest BCUT2D eigenvalue weighted by atomic mass is 32.2. The number of nitrogens with one attached hydrogen (secondary N) is 1. The molecule has 7 nitrogen and oxygen atoms in total. The van der Waals surface area contributed by atoms with E-state index >= 15 is 0 Å². The Morgan fingerprint density at radius 1 is 0.909 bits per heavy atom. The fourth-order valence-corrected chi connectivity index (χ4v) is 6.59. The van der Waals surface area contributed by atoms with Crippen molar-refractivity contribution in [2.75, 3.05) is 17.1 Å². The van der Waals surface area contributed by atoms with Crippen molar-refractivity contribution >= 4 is 27.5 Å². The molecule has 2 amide bonds. The van der Waals surface area contributed by atoms with E-state index in [0.717, 1.165) is 71.5 Å². The van der Waals surface area contributed by atoms with Crippen LogP contribution < -0.4 is 9.62 Å². The van der Waals surface area contributed by atoms with Gasteiger partial charge in [0.1, 0.15) is 6.04 Å². The molecule has 1 aliphatic carbocycles. The van der Waals surface area contributed by atoms with Crippen molar-refractivity contribution < 1.29 is 26.8 Å². The average Bonchev–Trinajstić information content (AvgIpc) is 3.00. The Labute approximate surface area is 259 Å². The minimum atomic E-state index is -3.85. The number of carbonyl (C=O) groups excluding carboxylic acids is 2. The summed E-state index contributed by atoms with van der Waals surface area (Å²) in [5.41, 5.74) is 2.83. The van der Waals surface area contributed by atoms with Gasteiger partial charge in [-0.05, 0) is 49.4 Å². The zero-order valence-electron chi connectivity index (χ0n) is 25.3. The fraction of sp³-hybridized carbons (Fsp3) is 0.412. The molecule has 1 N–H and O–H groups in total. The lowest BCUT2D eigenvalue weighted by molar-refractivity contribution is -0.141. The van der Waals surface area contributed by atoms with Crippen molar-refractivity contribution in [2.45, 2.75) is 76.9 Å². The molecule has 236 valence electrons. The summed E-state index contributed by atoms with van der Waals surface area (Å²) in [6, 6.07) is 19.5. The van der Waals surface area contributed by atoms with Gasteiger partial charge in [0, 0.05) is 38.0 Å². The Hall–Kier alpha value is -3.79. The van der Waals surface area contributed by atoms with Gasteiger partial charge in [-0.2, -0.15) is 0 Å². The van der Waals surface area contributed by atoms with Crippen molar-refractivity contribution in [3.8, 4) is 0 Å². The van der Waals surface area contributed by atoms with Crippen LogP contribution in [0.25, 0.3) is 0 Å². The van der Waals surface area contributed by atoms with Crippen LogP contribution in [0.4, 0.5) is 14.5 Å². The Morgan fingerprint density at radius 2 is 1.59 bits per heavy atom. The monoisotopic (exact) mass is 625 g/mol. The zero-order valence-corrected chi connectivity index (χ0v) is 26.2. The molecule has 1 aliphatic rings. The van der Waals surface area contributed by atoms with Crippen LogP contribution in [0.5, 0.6) is 0 Å². The topological polar surface area (TPSA) is 86.8 Å². The molecule has 4 rings (SSSR count). The van der Waals surface area contributed by atoms with Gasteiger partial charge < -0.3 is 10.2 Å². The lowest BCUT2D eigenvalue weighted by Crippen LogP contribution is -2.52. The fourth-order valence-electron chi connectivity index (χ4n) is 5.63. The number of hydrogen-bond acceptors (Lipinski definition) is 4. The minimum absolute atomic E-state index is 0.0239. The second-order valence-electron chi connectivity index (χ2n) is 11.6. The highest BCUT2D eigenvalue weighted by Crippen LogP contribution is 2.23. The minimum Gasteiger partial charge on any atom is -0.352 e. The summed E-state index contributed by atoms with van der Waals surface area (Å²) in [4.78, 5) is 29.5. The lowest BCUT2D eigenvalue weighted by Gasteiger charge is -2.34. The molecule has 1 atom stereocenters. The zero-order chi connectivity index (χ0) is 31.7. The van der Waals surface area contributed by atoms with E-state index in [0.29, 0.717) is 6.42 Å². The number of hydrogen-bond donors (Lipinski definition) is 1. The number of benzene rings is 3. The second-order valence-corrected chi connectivity index (χ2v) is 13.5. The van der Waals surface area contributed by atoms with Crippen LogP contribution in [0.1, 0.15) is 61.6 Å². The summed E-state index contributed by atoms with van der Waals surface area (Å²) in [5.74, 6) is -2.76. The van der Waals surface area contributed by atoms with Gasteiger partial charge in [-0.3, -0.25) is 13.9 Å². The van der Waals surface area contributed by atoms with Crippen LogP contribution in [-0.4, -0.2) is 50.0 Å². The number of carbonyl (C=O) groups is 2. The number of nitrogens with zero attached hydrogens (tertiary/aromatic N) is 2. The molecule has 0 bridgehead atoms. The van der Waals surface area contributed by atoms with E-state index in [9.17, 15) is 26.8 Å². The van der Waals surface area contributed by atoms with Crippen LogP contribution in [0.15, 0.2) is 72.8 Å². The summed E-state index contributed by atoms with van der Waals surface area (Å²) >= 11 is 0. The third-order valence-corrected chi connectivity index (χ3v) is 9.23. The van der Waals surface area contributed by atoms with Gasteiger partial charge in [-0.15, -0.1) is 0 Å². The normalized spacial score (nSPS) is 14.5. The van der Waals surface area contributed by atoms with E-state index in [-0.39, 0.29) is 49.5 Å². The number of halogens is 2. The molecule has 0 aliphatic heterocycles. The maximum atomic E-state index is 14.0. The first-order chi connectivity index (χ1) is 21.0.